The zero-order valence-electron chi connectivity index (χ0n) is 18.3. The van der Waals surface area contributed by atoms with Crippen LogP contribution in [0.1, 0.15) is 36.2 Å². The first-order valence-corrected chi connectivity index (χ1v) is 11.7. The van der Waals surface area contributed by atoms with Crippen molar-refractivity contribution in [3.05, 3.63) is 77.3 Å². The average Bonchev–Trinajstić information content (AvgIpc) is 3.42. The number of hydrogen-bond donors (Lipinski definition) is 1. The molecule has 4 aromatic rings. The number of benzene rings is 2. The number of carbonyl (C=O) groups is 2. The molecule has 0 saturated heterocycles. The predicted molar refractivity (Wildman–Crippen MR) is 130 cm³/mol. The fraction of sp³-hybridized carbons (Fsp3) is 0.231. The lowest BCUT2D eigenvalue weighted by Crippen LogP contribution is -2.16. The van der Waals surface area contributed by atoms with Gasteiger partial charge < -0.3 is 14.6 Å². The van der Waals surface area contributed by atoms with Gasteiger partial charge in [-0.1, -0.05) is 49.4 Å². The average molecular weight is 447 g/mol. The van der Waals surface area contributed by atoms with Crippen LogP contribution in [-0.2, 0) is 22.5 Å². The van der Waals surface area contributed by atoms with Crippen LogP contribution < -0.4 is 5.32 Å². The number of thiophene rings is 1. The Labute approximate surface area is 191 Å². The van der Waals surface area contributed by atoms with Crippen LogP contribution >= 0.6 is 11.3 Å². The van der Waals surface area contributed by atoms with Gasteiger partial charge >= 0.3 is 5.97 Å². The maximum absolute atomic E-state index is 12.7. The second kappa shape index (κ2) is 9.83. The van der Waals surface area contributed by atoms with Crippen molar-refractivity contribution in [1.82, 2.24) is 4.57 Å². The molecule has 0 saturated carbocycles. The van der Waals surface area contributed by atoms with Crippen LogP contribution in [0.2, 0.25) is 0 Å². The molecule has 1 N–H and O–H groups in total. The Morgan fingerprint density at radius 2 is 1.81 bits per heavy atom. The molecule has 2 aromatic carbocycles. The van der Waals surface area contributed by atoms with Crippen molar-refractivity contribution < 1.29 is 14.3 Å². The number of carbonyl (C=O) groups excluding carboxylic acids is 2. The fourth-order valence-electron chi connectivity index (χ4n) is 3.73. The Bertz CT molecular complexity index is 1240. The van der Waals surface area contributed by atoms with E-state index in [0.29, 0.717) is 23.5 Å². The number of para-hydroxylation sites is 1. The number of nitrogens with one attached hydrogen (secondary N) is 1. The van der Waals surface area contributed by atoms with E-state index in [0.717, 1.165) is 28.5 Å². The molecule has 1 amide bonds. The molecule has 0 radical (unpaired) electrons. The van der Waals surface area contributed by atoms with Crippen LogP contribution in [0.5, 0.6) is 0 Å². The fourth-order valence-corrected chi connectivity index (χ4v) is 4.71. The SMILES string of the molecule is CCOC(=O)c1c(-c2ccc(CC)cc2)csc1NC(=O)CCn1ccc2ccccc21. The minimum atomic E-state index is -0.421. The molecule has 5 nitrogen and oxygen atoms in total. The van der Waals surface area contributed by atoms with Gasteiger partial charge in [-0.3, -0.25) is 4.79 Å². The second-order valence-electron chi connectivity index (χ2n) is 7.49. The van der Waals surface area contributed by atoms with E-state index in [1.165, 1.54) is 16.9 Å². The van der Waals surface area contributed by atoms with E-state index < -0.39 is 5.97 Å². The summed E-state index contributed by atoms with van der Waals surface area (Å²) in [5, 5.41) is 6.52. The van der Waals surface area contributed by atoms with Gasteiger partial charge in [0, 0.05) is 35.6 Å². The number of nitrogens with zero attached hydrogens (tertiary/aromatic N) is 1. The highest BCUT2D eigenvalue weighted by atomic mass is 32.1. The third-order valence-electron chi connectivity index (χ3n) is 5.46. The van der Waals surface area contributed by atoms with Crippen molar-refractivity contribution in [3.8, 4) is 11.1 Å². The molecular formula is C26H26N2O3S. The molecule has 0 spiro atoms. The van der Waals surface area contributed by atoms with Gasteiger partial charge in [0.2, 0.25) is 5.91 Å². The van der Waals surface area contributed by atoms with Crippen LogP contribution in [0.4, 0.5) is 5.00 Å². The summed E-state index contributed by atoms with van der Waals surface area (Å²) in [7, 11) is 0. The molecule has 0 fully saturated rings. The number of fused-ring (bicyclic) bond motifs is 1. The molecule has 0 unspecified atom stereocenters. The standard InChI is InChI=1S/C26H26N2O3S/c1-3-18-9-11-19(12-10-18)21-17-32-25(24(21)26(30)31-4-2)27-23(29)14-16-28-15-13-20-7-5-6-8-22(20)28/h5-13,15,17H,3-4,14,16H2,1-2H3,(H,27,29). The van der Waals surface area contributed by atoms with Gasteiger partial charge in [-0.25, -0.2) is 4.79 Å². The monoisotopic (exact) mass is 446 g/mol. The number of aromatic nitrogens is 1. The first-order valence-electron chi connectivity index (χ1n) is 10.8. The van der Waals surface area contributed by atoms with Crippen molar-refractivity contribution in [2.45, 2.75) is 33.2 Å². The molecule has 4 rings (SSSR count). The Morgan fingerprint density at radius 1 is 1.03 bits per heavy atom. The van der Waals surface area contributed by atoms with Gasteiger partial charge in [0.1, 0.15) is 10.6 Å². The lowest BCUT2D eigenvalue weighted by atomic mass is 10.0. The maximum Gasteiger partial charge on any atom is 0.341 e. The van der Waals surface area contributed by atoms with E-state index in [4.69, 9.17) is 4.74 Å². The minimum absolute atomic E-state index is 0.136. The number of hydrogen-bond acceptors (Lipinski definition) is 4. The number of amides is 1. The smallest absolute Gasteiger partial charge is 0.341 e. The van der Waals surface area contributed by atoms with Gasteiger partial charge in [0.05, 0.1) is 6.61 Å². The summed E-state index contributed by atoms with van der Waals surface area (Å²) in [4.78, 5) is 25.5. The molecule has 0 aliphatic carbocycles. The summed E-state index contributed by atoms with van der Waals surface area (Å²) in [5.41, 5.74) is 4.46. The summed E-state index contributed by atoms with van der Waals surface area (Å²) < 4.78 is 7.36. The van der Waals surface area contributed by atoms with Gasteiger partial charge in [0.25, 0.3) is 0 Å². The number of esters is 1. The molecule has 0 atom stereocenters. The first kappa shape index (κ1) is 21.8. The van der Waals surface area contributed by atoms with Gasteiger partial charge in [-0.05, 0) is 42.0 Å². The summed E-state index contributed by atoms with van der Waals surface area (Å²) in [5.74, 6) is -0.557. The molecule has 0 aliphatic rings. The molecule has 6 heteroatoms. The van der Waals surface area contributed by atoms with Crippen molar-refractivity contribution in [2.75, 3.05) is 11.9 Å². The molecule has 0 bridgehead atoms. The highest BCUT2D eigenvalue weighted by Gasteiger charge is 2.22. The summed E-state index contributed by atoms with van der Waals surface area (Å²) >= 11 is 1.35. The van der Waals surface area contributed by atoms with Crippen LogP contribution in [0.15, 0.2) is 66.2 Å². The van der Waals surface area contributed by atoms with Gasteiger partial charge in [0.15, 0.2) is 0 Å². The maximum atomic E-state index is 12.7. The van der Waals surface area contributed by atoms with E-state index >= 15 is 0 Å². The Balaban J connectivity index is 1.53. The zero-order valence-corrected chi connectivity index (χ0v) is 19.1. The van der Waals surface area contributed by atoms with Crippen molar-refractivity contribution >= 4 is 39.1 Å². The van der Waals surface area contributed by atoms with E-state index in [1.54, 1.807) is 6.92 Å². The normalized spacial score (nSPS) is 10.9. The summed E-state index contributed by atoms with van der Waals surface area (Å²) in [6.45, 7) is 4.72. The van der Waals surface area contributed by atoms with Crippen molar-refractivity contribution in [2.24, 2.45) is 0 Å². The molecule has 32 heavy (non-hydrogen) atoms. The minimum Gasteiger partial charge on any atom is -0.462 e. The van der Waals surface area contributed by atoms with Gasteiger partial charge in [-0.2, -0.15) is 0 Å². The van der Waals surface area contributed by atoms with Crippen LogP contribution in [0, 0.1) is 0 Å². The highest BCUT2D eigenvalue weighted by molar-refractivity contribution is 7.15. The van der Waals surface area contributed by atoms with Crippen molar-refractivity contribution in [1.29, 1.82) is 0 Å². The second-order valence-corrected chi connectivity index (χ2v) is 8.37. The van der Waals surface area contributed by atoms with E-state index in [9.17, 15) is 9.59 Å². The Morgan fingerprint density at radius 3 is 2.56 bits per heavy atom. The first-order chi connectivity index (χ1) is 15.6. The van der Waals surface area contributed by atoms with E-state index in [-0.39, 0.29) is 12.5 Å². The predicted octanol–water partition coefficient (Wildman–Crippen LogP) is 6.14. The van der Waals surface area contributed by atoms with E-state index in [1.807, 2.05) is 48.0 Å². The van der Waals surface area contributed by atoms with E-state index in [2.05, 4.69) is 35.0 Å². The summed E-state index contributed by atoms with van der Waals surface area (Å²) in [6.07, 6.45) is 3.25. The third-order valence-corrected chi connectivity index (χ3v) is 6.35. The molecule has 2 heterocycles. The molecule has 2 aromatic heterocycles. The lowest BCUT2D eigenvalue weighted by Gasteiger charge is -2.10. The zero-order chi connectivity index (χ0) is 22.5. The largest absolute Gasteiger partial charge is 0.462 e. The van der Waals surface area contributed by atoms with Gasteiger partial charge in [-0.15, -0.1) is 11.3 Å². The quantitative estimate of drug-likeness (QED) is 0.331. The van der Waals surface area contributed by atoms with Crippen LogP contribution in [-0.4, -0.2) is 23.1 Å². The molecule has 0 aliphatic heterocycles. The highest BCUT2D eigenvalue weighted by Crippen LogP contribution is 2.36. The van der Waals surface area contributed by atoms with Crippen LogP contribution in [0.25, 0.3) is 22.0 Å². The number of rotatable bonds is 8. The number of ether oxygens (including phenoxy) is 1. The lowest BCUT2D eigenvalue weighted by molar-refractivity contribution is -0.116. The van der Waals surface area contributed by atoms with Crippen LogP contribution in [0.3, 0.4) is 0 Å². The summed E-state index contributed by atoms with van der Waals surface area (Å²) in [6, 6.07) is 18.3. The third kappa shape index (κ3) is 4.60. The topological polar surface area (TPSA) is 60.3 Å². The molecule has 164 valence electrons. The van der Waals surface area contributed by atoms with Crippen molar-refractivity contribution in [3.63, 3.8) is 0 Å². The number of anilines is 1. The Kier molecular flexibility index (Phi) is 6.71. The number of aryl methyl sites for hydroxylation is 2. The molecular weight excluding hydrogens is 420 g/mol. The Hall–Kier alpha value is -3.38.